The molecule has 0 aliphatic carbocycles. The minimum Gasteiger partial charge on any atom is -0.301 e. The molecule has 2 rings (SSSR count). The molecule has 12 heavy (non-hydrogen) atoms. The summed E-state index contributed by atoms with van der Waals surface area (Å²) in [6.07, 6.45) is 2.38. The Hall–Kier alpha value is 0.0700. The van der Waals surface area contributed by atoms with Crippen molar-refractivity contribution in [3.8, 4) is 0 Å². The molecule has 1 aromatic heterocycles. The number of hydrogen-bond donors (Lipinski definition) is 0. The Bertz CT molecular complexity index is 285. The van der Waals surface area contributed by atoms with Crippen LogP contribution in [0.15, 0.2) is 3.92 Å². The van der Waals surface area contributed by atoms with Gasteiger partial charge in [0.05, 0.1) is 5.69 Å². The van der Waals surface area contributed by atoms with E-state index < -0.39 is 0 Å². The van der Waals surface area contributed by atoms with E-state index in [-0.39, 0.29) is 0 Å². The van der Waals surface area contributed by atoms with E-state index in [1.165, 1.54) is 23.5 Å². The van der Waals surface area contributed by atoms with Crippen LogP contribution in [0.5, 0.6) is 0 Å². The highest BCUT2D eigenvalue weighted by atomic mass is 79.9. The summed E-state index contributed by atoms with van der Waals surface area (Å²) in [5.41, 5.74) is 1.30. The zero-order chi connectivity index (χ0) is 8.55. The van der Waals surface area contributed by atoms with Crippen molar-refractivity contribution in [2.75, 3.05) is 13.6 Å². The van der Waals surface area contributed by atoms with E-state index in [4.69, 9.17) is 0 Å². The number of halogens is 1. The van der Waals surface area contributed by atoms with Crippen LogP contribution in [0.1, 0.15) is 17.0 Å². The monoisotopic (exact) mass is 246 g/mol. The van der Waals surface area contributed by atoms with Crippen molar-refractivity contribution in [1.82, 2.24) is 9.88 Å². The lowest BCUT2D eigenvalue weighted by Crippen LogP contribution is -2.16. The first-order valence-corrected chi connectivity index (χ1v) is 5.69. The van der Waals surface area contributed by atoms with Gasteiger partial charge in [0.1, 0.15) is 0 Å². The van der Waals surface area contributed by atoms with Gasteiger partial charge in [-0.1, -0.05) is 0 Å². The Morgan fingerprint density at radius 3 is 3.25 bits per heavy atom. The van der Waals surface area contributed by atoms with Crippen molar-refractivity contribution >= 4 is 27.3 Å². The molecule has 0 saturated heterocycles. The first-order valence-electron chi connectivity index (χ1n) is 4.08. The predicted octanol–water partition coefficient (Wildman–Crippen LogP) is 2.28. The van der Waals surface area contributed by atoms with Crippen molar-refractivity contribution < 1.29 is 0 Å². The fourth-order valence-electron chi connectivity index (χ4n) is 1.51. The maximum Gasteiger partial charge on any atom is 0.159 e. The van der Waals surface area contributed by atoms with Gasteiger partial charge in [0.25, 0.3) is 0 Å². The molecule has 1 aromatic rings. The van der Waals surface area contributed by atoms with E-state index in [1.807, 2.05) is 0 Å². The Kier molecular flexibility index (Phi) is 2.48. The smallest absolute Gasteiger partial charge is 0.159 e. The molecule has 1 aliphatic rings. The number of nitrogens with zero attached hydrogens (tertiary/aromatic N) is 2. The van der Waals surface area contributed by atoms with Crippen molar-refractivity contribution in [1.29, 1.82) is 0 Å². The van der Waals surface area contributed by atoms with Gasteiger partial charge in [-0.3, -0.25) is 0 Å². The van der Waals surface area contributed by atoms with E-state index >= 15 is 0 Å². The maximum atomic E-state index is 4.45. The van der Waals surface area contributed by atoms with Crippen molar-refractivity contribution in [3.05, 3.63) is 14.5 Å². The molecule has 4 heteroatoms. The molecule has 0 fully saturated rings. The lowest BCUT2D eigenvalue weighted by molar-refractivity contribution is 0.334. The third kappa shape index (κ3) is 1.70. The predicted molar refractivity (Wildman–Crippen MR) is 54.5 cm³/mol. The van der Waals surface area contributed by atoms with E-state index in [0.717, 1.165) is 16.9 Å². The minimum atomic E-state index is 1.03. The third-order valence-corrected chi connectivity index (χ3v) is 3.65. The van der Waals surface area contributed by atoms with Crippen molar-refractivity contribution in [3.63, 3.8) is 0 Å². The van der Waals surface area contributed by atoms with Gasteiger partial charge in [0.15, 0.2) is 3.92 Å². The lowest BCUT2D eigenvalue weighted by atomic mass is 10.2. The zero-order valence-corrected chi connectivity index (χ0v) is 9.41. The van der Waals surface area contributed by atoms with Gasteiger partial charge in [0, 0.05) is 11.4 Å². The molecule has 0 atom stereocenters. The lowest BCUT2D eigenvalue weighted by Gasteiger charge is -2.10. The quantitative estimate of drug-likeness (QED) is 0.699. The molecular formula is C8H11BrN2S. The highest BCUT2D eigenvalue weighted by Gasteiger charge is 2.15. The van der Waals surface area contributed by atoms with Gasteiger partial charge in [-0.25, -0.2) is 4.98 Å². The highest BCUT2D eigenvalue weighted by molar-refractivity contribution is 9.11. The van der Waals surface area contributed by atoms with E-state index in [1.54, 1.807) is 11.3 Å². The van der Waals surface area contributed by atoms with Gasteiger partial charge in [-0.15, -0.1) is 11.3 Å². The summed E-state index contributed by atoms with van der Waals surface area (Å²) >= 11 is 5.20. The summed E-state index contributed by atoms with van der Waals surface area (Å²) in [7, 11) is 2.17. The largest absolute Gasteiger partial charge is 0.301 e. The zero-order valence-electron chi connectivity index (χ0n) is 7.01. The summed E-state index contributed by atoms with van der Waals surface area (Å²) in [6.45, 7) is 2.26. The molecule has 0 unspecified atom stereocenters. The molecule has 1 aliphatic heterocycles. The second-order valence-corrected chi connectivity index (χ2v) is 5.54. The Morgan fingerprint density at radius 1 is 1.58 bits per heavy atom. The van der Waals surface area contributed by atoms with Crippen LogP contribution in [-0.4, -0.2) is 23.5 Å². The number of aromatic nitrogens is 1. The Morgan fingerprint density at radius 2 is 2.42 bits per heavy atom. The fourth-order valence-corrected chi connectivity index (χ4v) is 3.22. The topological polar surface area (TPSA) is 16.1 Å². The molecule has 0 saturated carbocycles. The van der Waals surface area contributed by atoms with Crippen LogP contribution in [0.3, 0.4) is 0 Å². The van der Waals surface area contributed by atoms with E-state index in [2.05, 4.69) is 32.9 Å². The van der Waals surface area contributed by atoms with Gasteiger partial charge in [0.2, 0.25) is 0 Å². The first kappa shape index (κ1) is 8.66. The van der Waals surface area contributed by atoms with Gasteiger partial charge in [-0.2, -0.15) is 0 Å². The molecule has 0 spiro atoms. The summed E-state index contributed by atoms with van der Waals surface area (Å²) in [6, 6.07) is 0. The number of hydrogen-bond acceptors (Lipinski definition) is 3. The SMILES string of the molecule is CN1CCCc2nc(Br)sc2C1. The van der Waals surface area contributed by atoms with Gasteiger partial charge in [-0.05, 0) is 42.4 Å². The van der Waals surface area contributed by atoms with E-state index in [9.17, 15) is 0 Å². The van der Waals surface area contributed by atoms with Crippen LogP contribution < -0.4 is 0 Å². The molecule has 0 radical (unpaired) electrons. The number of rotatable bonds is 0. The van der Waals surface area contributed by atoms with Crippen molar-refractivity contribution in [2.45, 2.75) is 19.4 Å². The molecular weight excluding hydrogens is 236 g/mol. The highest BCUT2D eigenvalue weighted by Crippen LogP contribution is 2.27. The standard InChI is InChI=1S/C8H11BrN2S/c1-11-4-2-3-6-7(5-11)12-8(9)10-6/h2-5H2,1H3. The van der Waals surface area contributed by atoms with Crippen LogP contribution in [0, 0.1) is 0 Å². The molecule has 0 aromatic carbocycles. The molecule has 2 heterocycles. The minimum absolute atomic E-state index is 1.03. The summed E-state index contributed by atoms with van der Waals surface area (Å²) in [5, 5.41) is 0. The second kappa shape index (κ2) is 3.44. The molecule has 0 N–H and O–H groups in total. The van der Waals surface area contributed by atoms with Gasteiger partial charge < -0.3 is 4.90 Å². The van der Waals surface area contributed by atoms with Crippen LogP contribution in [0.2, 0.25) is 0 Å². The summed E-state index contributed by atoms with van der Waals surface area (Å²) < 4.78 is 1.03. The number of fused-ring (bicyclic) bond motifs is 1. The average molecular weight is 247 g/mol. The molecule has 2 nitrogen and oxygen atoms in total. The Labute approximate surface area is 84.7 Å². The summed E-state index contributed by atoms with van der Waals surface area (Å²) in [5.74, 6) is 0. The molecule has 0 amide bonds. The van der Waals surface area contributed by atoms with Crippen LogP contribution in [0.25, 0.3) is 0 Å². The Balaban J connectivity index is 2.30. The molecule has 0 bridgehead atoms. The van der Waals surface area contributed by atoms with Crippen LogP contribution >= 0.6 is 27.3 Å². The summed E-state index contributed by atoms with van der Waals surface area (Å²) in [4.78, 5) is 8.24. The second-order valence-electron chi connectivity index (χ2n) is 3.18. The van der Waals surface area contributed by atoms with Crippen molar-refractivity contribution in [2.24, 2.45) is 0 Å². The third-order valence-electron chi connectivity index (χ3n) is 2.12. The average Bonchev–Trinajstić information content (AvgIpc) is 2.23. The van der Waals surface area contributed by atoms with Crippen LogP contribution in [0.4, 0.5) is 0 Å². The van der Waals surface area contributed by atoms with E-state index in [0.29, 0.717) is 0 Å². The molecule has 66 valence electrons. The van der Waals surface area contributed by atoms with Crippen LogP contribution in [-0.2, 0) is 13.0 Å². The normalized spacial score (nSPS) is 18.8. The van der Waals surface area contributed by atoms with Gasteiger partial charge >= 0.3 is 0 Å². The maximum absolute atomic E-state index is 4.45. The fraction of sp³-hybridized carbons (Fsp3) is 0.625. The first-order chi connectivity index (χ1) is 5.75. The number of aryl methyl sites for hydroxylation is 1. The number of thiazole rings is 1.